The number of aliphatic hydroxyl groups is 1. The van der Waals surface area contributed by atoms with E-state index in [4.69, 9.17) is 9.84 Å². The molecule has 0 heterocycles. The molecule has 0 spiro atoms. The van der Waals surface area contributed by atoms with E-state index in [0.29, 0.717) is 16.6 Å². The summed E-state index contributed by atoms with van der Waals surface area (Å²) >= 11 is 6.39. The van der Waals surface area contributed by atoms with E-state index in [-0.39, 0.29) is 18.8 Å². The summed E-state index contributed by atoms with van der Waals surface area (Å²) in [7, 11) is 0. The highest BCUT2D eigenvalue weighted by Gasteiger charge is 2.10. The minimum absolute atomic E-state index is 0.220. The van der Waals surface area contributed by atoms with Crippen LogP contribution in [0.1, 0.15) is 11.1 Å². The normalized spacial score (nSPS) is 10.7. The van der Waals surface area contributed by atoms with E-state index < -0.39 is 5.82 Å². The van der Waals surface area contributed by atoms with Crippen LogP contribution in [0.25, 0.3) is 0 Å². The van der Waals surface area contributed by atoms with Crippen LogP contribution in [0.3, 0.4) is 0 Å². The molecule has 1 aromatic rings. The predicted molar refractivity (Wildman–Crippen MR) is 63.5 cm³/mol. The Morgan fingerprint density at radius 3 is 2.73 bits per heavy atom. The van der Waals surface area contributed by atoms with Crippen LogP contribution < -0.4 is 0 Å². The van der Waals surface area contributed by atoms with Crippen molar-refractivity contribution in [2.24, 2.45) is 0 Å². The summed E-state index contributed by atoms with van der Waals surface area (Å²) in [6.45, 7) is 0.431. The Kier molecular flexibility index (Phi) is 5.74. The molecule has 5 heteroatoms. The number of hydrogen-bond acceptors (Lipinski definition) is 2. The van der Waals surface area contributed by atoms with Gasteiger partial charge in [0, 0.05) is 20.9 Å². The molecule has 0 atom stereocenters. The highest BCUT2D eigenvalue weighted by atomic mass is 79.9. The van der Waals surface area contributed by atoms with E-state index >= 15 is 0 Å². The molecular weight excluding hydrogens is 331 g/mol. The van der Waals surface area contributed by atoms with Crippen molar-refractivity contribution in [3.05, 3.63) is 33.5 Å². The molecule has 1 aromatic carbocycles. The highest BCUT2D eigenvalue weighted by molar-refractivity contribution is 9.10. The van der Waals surface area contributed by atoms with Gasteiger partial charge < -0.3 is 9.84 Å². The van der Waals surface area contributed by atoms with Crippen LogP contribution in [0.4, 0.5) is 4.39 Å². The Bertz CT molecular complexity index is 331. The molecule has 0 aliphatic heterocycles. The Morgan fingerprint density at radius 1 is 1.40 bits per heavy atom. The minimum atomic E-state index is -0.401. The van der Waals surface area contributed by atoms with Crippen molar-refractivity contribution in [2.45, 2.75) is 13.2 Å². The molecule has 0 aliphatic carbocycles. The first-order valence-corrected chi connectivity index (χ1v) is 6.32. The van der Waals surface area contributed by atoms with Crippen molar-refractivity contribution in [3.63, 3.8) is 0 Å². The lowest BCUT2D eigenvalue weighted by atomic mass is 10.1. The van der Waals surface area contributed by atoms with Crippen molar-refractivity contribution in [3.8, 4) is 0 Å². The van der Waals surface area contributed by atoms with E-state index in [9.17, 15) is 4.39 Å². The van der Waals surface area contributed by atoms with E-state index in [1.165, 1.54) is 0 Å². The third-order valence-electron chi connectivity index (χ3n) is 1.90. The lowest BCUT2D eigenvalue weighted by molar-refractivity contribution is 0.134. The average molecular weight is 342 g/mol. The van der Waals surface area contributed by atoms with Crippen LogP contribution >= 0.6 is 31.9 Å². The third kappa shape index (κ3) is 3.52. The van der Waals surface area contributed by atoms with E-state index in [2.05, 4.69) is 31.9 Å². The molecule has 2 nitrogen and oxygen atoms in total. The number of hydrogen-bond donors (Lipinski definition) is 1. The van der Waals surface area contributed by atoms with Gasteiger partial charge >= 0.3 is 0 Å². The van der Waals surface area contributed by atoms with Crippen LogP contribution in [0.2, 0.25) is 0 Å². The van der Waals surface area contributed by atoms with Crippen molar-refractivity contribution in [1.82, 2.24) is 0 Å². The van der Waals surface area contributed by atoms with Gasteiger partial charge in [0.1, 0.15) is 5.82 Å². The number of halogens is 3. The fourth-order valence-corrected chi connectivity index (χ4v) is 1.80. The second-order valence-electron chi connectivity index (χ2n) is 2.90. The molecule has 1 N–H and O–H groups in total. The predicted octanol–water partition coefficient (Wildman–Crippen LogP) is 2.99. The van der Waals surface area contributed by atoms with Gasteiger partial charge in [-0.15, -0.1) is 0 Å². The topological polar surface area (TPSA) is 29.5 Å². The number of aliphatic hydroxyl groups excluding tert-OH is 1. The van der Waals surface area contributed by atoms with Gasteiger partial charge in [-0.2, -0.15) is 0 Å². The van der Waals surface area contributed by atoms with Crippen LogP contribution in [0, 0.1) is 5.82 Å². The van der Waals surface area contributed by atoms with Gasteiger partial charge in [-0.25, -0.2) is 4.39 Å². The van der Waals surface area contributed by atoms with Crippen molar-refractivity contribution in [1.29, 1.82) is 0 Å². The molecule has 0 aliphatic rings. The molecule has 1 rings (SSSR count). The van der Waals surface area contributed by atoms with E-state index in [1.54, 1.807) is 12.1 Å². The van der Waals surface area contributed by atoms with Gasteiger partial charge in [-0.1, -0.05) is 37.9 Å². The smallest absolute Gasteiger partial charge is 0.135 e. The summed E-state index contributed by atoms with van der Waals surface area (Å²) in [4.78, 5) is 0. The lowest BCUT2D eigenvalue weighted by Crippen LogP contribution is -2.02. The quantitative estimate of drug-likeness (QED) is 0.659. The van der Waals surface area contributed by atoms with Crippen LogP contribution in [0.5, 0.6) is 0 Å². The molecule has 0 aromatic heterocycles. The molecule has 84 valence electrons. The lowest BCUT2D eigenvalue weighted by Gasteiger charge is -2.08. The van der Waals surface area contributed by atoms with Gasteiger partial charge in [0.25, 0.3) is 0 Å². The molecule has 0 unspecified atom stereocenters. The molecule has 0 radical (unpaired) electrons. The first-order chi connectivity index (χ1) is 7.20. The van der Waals surface area contributed by atoms with Crippen molar-refractivity contribution < 1.29 is 14.2 Å². The van der Waals surface area contributed by atoms with Gasteiger partial charge in [0.05, 0.1) is 19.8 Å². The third-order valence-corrected chi connectivity index (χ3v) is 2.97. The van der Waals surface area contributed by atoms with E-state index in [1.807, 2.05) is 0 Å². The second-order valence-corrected chi connectivity index (χ2v) is 4.55. The maximum absolute atomic E-state index is 13.7. The average Bonchev–Trinajstić information content (AvgIpc) is 2.22. The Balaban J connectivity index is 2.80. The Labute approximate surface area is 105 Å². The van der Waals surface area contributed by atoms with Crippen molar-refractivity contribution >= 4 is 31.9 Å². The van der Waals surface area contributed by atoms with Gasteiger partial charge in [0.2, 0.25) is 0 Å². The molecule has 0 amide bonds. The van der Waals surface area contributed by atoms with Crippen molar-refractivity contribution in [2.75, 3.05) is 11.9 Å². The summed E-state index contributed by atoms with van der Waals surface area (Å²) in [6.07, 6.45) is 0. The Morgan fingerprint density at radius 2 is 2.13 bits per heavy atom. The zero-order chi connectivity index (χ0) is 11.3. The first kappa shape index (κ1) is 13.1. The standard InChI is InChI=1S/C10H11Br2FO2/c11-3-4-15-6-7-1-2-9(12)8(5-14)10(7)13/h1-2,14H,3-6H2. The Hall–Kier alpha value is 0.0300. The summed E-state index contributed by atoms with van der Waals surface area (Å²) in [5, 5.41) is 9.70. The largest absolute Gasteiger partial charge is 0.392 e. The molecule has 0 saturated carbocycles. The minimum Gasteiger partial charge on any atom is -0.392 e. The van der Waals surface area contributed by atoms with Gasteiger partial charge in [-0.3, -0.25) is 0 Å². The number of ether oxygens (including phenoxy) is 1. The van der Waals surface area contributed by atoms with Gasteiger partial charge in [0.15, 0.2) is 0 Å². The maximum atomic E-state index is 13.7. The fraction of sp³-hybridized carbons (Fsp3) is 0.400. The van der Waals surface area contributed by atoms with E-state index in [0.717, 1.165) is 5.33 Å². The second kappa shape index (κ2) is 6.58. The fourth-order valence-electron chi connectivity index (χ4n) is 1.14. The highest BCUT2D eigenvalue weighted by Crippen LogP contribution is 2.23. The summed E-state index contributed by atoms with van der Waals surface area (Å²) in [5.41, 5.74) is 0.734. The maximum Gasteiger partial charge on any atom is 0.135 e. The van der Waals surface area contributed by atoms with Crippen LogP contribution in [-0.2, 0) is 18.0 Å². The number of rotatable bonds is 5. The van der Waals surface area contributed by atoms with Crippen LogP contribution in [0.15, 0.2) is 16.6 Å². The molecule has 0 saturated heterocycles. The number of benzene rings is 1. The summed E-state index contributed by atoms with van der Waals surface area (Å²) in [5.74, 6) is -0.401. The SMILES string of the molecule is OCc1c(Br)ccc(COCCBr)c1F. The van der Waals surface area contributed by atoms with Crippen LogP contribution in [-0.4, -0.2) is 17.0 Å². The molecule has 0 fully saturated rings. The zero-order valence-corrected chi connectivity index (χ0v) is 11.1. The molecular formula is C10H11Br2FO2. The summed E-state index contributed by atoms with van der Waals surface area (Å²) in [6, 6.07) is 3.36. The molecule has 15 heavy (non-hydrogen) atoms. The number of alkyl halides is 1. The first-order valence-electron chi connectivity index (χ1n) is 4.41. The summed E-state index contributed by atoms with van der Waals surface area (Å²) < 4.78 is 19.5. The monoisotopic (exact) mass is 340 g/mol. The molecule has 0 bridgehead atoms. The van der Waals surface area contributed by atoms with Gasteiger partial charge in [-0.05, 0) is 6.07 Å². The zero-order valence-electron chi connectivity index (χ0n) is 7.97.